The van der Waals surface area contributed by atoms with E-state index in [2.05, 4.69) is 22.0 Å². The van der Waals surface area contributed by atoms with Crippen molar-refractivity contribution in [3.05, 3.63) is 22.7 Å². The standard InChI is InChI=1S/C6H4BrO2/c7-4-2-1-3-5(8)6(4)9/h1,3,8-9H. The molecule has 3 heteroatoms. The van der Waals surface area contributed by atoms with Gasteiger partial charge in [-0.1, -0.05) is 0 Å². The largest absolute Gasteiger partial charge is 0.504 e. The van der Waals surface area contributed by atoms with Crippen LogP contribution >= 0.6 is 15.9 Å². The molecular weight excluding hydrogens is 184 g/mol. The molecule has 0 heterocycles. The molecule has 0 unspecified atom stereocenters. The van der Waals surface area contributed by atoms with Gasteiger partial charge in [-0.2, -0.15) is 0 Å². The third kappa shape index (κ3) is 1.16. The lowest BCUT2D eigenvalue weighted by atomic mass is 10.3. The van der Waals surface area contributed by atoms with Crippen LogP contribution < -0.4 is 0 Å². The number of halogens is 1. The van der Waals surface area contributed by atoms with Crippen molar-refractivity contribution in [2.75, 3.05) is 0 Å². The van der Waals surface area contributed by atoms with E-state index in [0.717, 1.165) is 0 Å². The Hall–Kier alpha value is -0.700. The molecule has 1 aromatic rings. The number of benzene rings is 1. The smallest absolute Gasteiger partial charge is 0.172 e. The zero-order valence-corrected chi connectivity index (χ0v) is 6.01. The highest BCUT2D eigenvalue weighted by atomic mass is 79.9. The van der Waals surface area contributed by atoms with Gasteiger partial charge in [0.15, 0.2) is 11.5 Å². The molecule has 2 N–H and O–H groups in total. The molecule has 0 amide bonds. The van der Waals surface area contributed by atoms with Crippen LogP contribution in [0.2, 0.25) is 0 Å². The molecule has 0 fully saturated rings. The number of aromatic hydroxyl groups is 2. The van der Waals surface area contributed by atoms with E-state index in [-0.39, 0.29) is 11.5 Å². The van der Waals surface area contributed by atoms with Crippen molar-refractivity contribution >= 4 is 15.9 Å². The lowest BCUT2D eigenvalue weighted by Gasteiger charge is -1.95. The summed E-state index contributed by atoms with van der Waals surface area (Å²) in [4.78, 5) is 0. The van der Waals surface area contributed by atoms with Gasteiger partial charge in [0.1, 0.15) is 0 Å². The summed E-state index contributed by atoms with van der Waals surface area (Å²) in [6.07, 6.45) is 0. The Morgan fingerprint density at radius 2 is 2.11 bits per heavy atom. The van der Waals surface area contributed by atoms with Crippen LogP contribution in [0.15, 0.2) is 16.6 Å². The first kappa shape index (κ1) is 6.42. The molecule has 0 bridgehead atoms. The number of hydrogen-bond donors (Lipinski definition) is 2. The van der Waals surface area contributed by atoms with Crippen LogP contribution in [-0.2, 0) is 0 Å². The molecule has 1 radical (unpaired) electrons. The summed E-state index contributed by atoms with van der Waals surface area (Å²) in [6, 6.07) is 5.52. The predicted octanol–water partition coefficient (Wildman–Crippen LogP) is 1.66. The van der Waals surface area contributed by atoms with E-state index in [0.29, 0.717) is 4.47 Å². The maximum atomic E-state index is 8.88. The zero-order chi connectivity index (χ0) is 6.85. The molecule has 0 saturated carbocycles. The van der Waals surface area contributed by atoms with Crippen LogP contribution in [0.5, 0.6) is 11.5 Å². The molecule has 0 spiro atoms. The fourth-order valence-corrected chi connectivity index (χ4v) is 0.789. The van der Waals surface area contributed by atoms with E-state index in [1.165, 1.54) is 12.1 Å². The molecule has 0 saturated heterocycles. The fourth-order valence-electron chi connectivity index (χ4n) is 0.453. The minimum absolute atomic E-state index is 0.138. The van der Waals surface area contributed by atoms with Gasteiger partial charge in [-0.15, -0.1) is 0 Å². The lowest BCUT2D eigenvalue weighted by Crippen LogP contribution is -1.68. The second-order valence-corrected chi connectivity index (χ2v) is 2.32. The van der Waals surface area contributed by atoms with Crippen LogP contribution in [0, 0.1) is 6.07 Å². The van der Waals surface area contributed by atoms with E-state index in [4.69, 9.17) is 10.2 Å². The highest BCUT2D eigenvalue weighted by molar-refractivity contribution is 9.10. The maximum Gasteiger partial charge on any atom is 0.172 e. The third-order valence-corrected chi connectivity index (χ3v) is 1.51. The summed E-state index contributed by atoms with van der Waals surface area (Å²) < 4.78 is 0.377. The first-order valence-electron chi connectivity index (χ1n) is 2.30. The first-order valence-corrected chi connectivity index (χ1v) is 3.09. The second kappa shape index (κ2) is 2.27. The molecule has 1 rings (SSSR count). The van der Waals surface area contributed by atoms with Gasteiger partial charge in [0.05, 0.1) is 4.47 Å². The van der Waals surface area contributed by atoms with Gasteiger partial charge in [-0.05, 0) is 28.1 Å². The highest BCUT2D eigenvalue weighted by Crippen LogP contribution is 2.31. The van der Waals surface area contributed by atoms with Gasteiger partial charge in [-0.25, -0.2) is 0 Å². The van der Waals surface area contributed by atoms with Crippen LogP contribution in [0.3, 0.4) is 0 Å². The van der Waals surface area contributed by atoms with Gasteiger partial charge < -0.3 is 10.2 Å². The summed E-state index contributed by atoms with van der Waals surface area (Å²) in [5.41, 5.74) is 0. The number of phenolic OH excluding ortho intramolecular Hbond substituents is 2. The predicted molar refractivity (Wildman–Crippen MR) is 36.3 cm³/mol. The Kier molecular flexibility index (Phi) is 1.62. The van der Waals surface area contributed by atoms with E-state index in [1.54, 1.807) is 0 Å². The van der Waals surface area contributed by atoms with E-state index in [1.807, 2.05) is 0 Å². The van der Waals surface area contributed by atoms with Crippen molar-refractivity contribution in [2.45, 2.75) is 0 Å². The van der Waals surface area contributed by atoms with Gasteiger partial charge in [-0.3, -0.25) is 0 Å². The molecule has 47 valence electrons. The summed E-state index contributed by atoms with van der Waals surface area (Å²) in [6.45, 7) is 0. The molecule has 0 atom stereocenters. The van der Waals surface area contributed by atoms with Crippen LogP contribution in [0.1, 0.15) is 0 Å². The molecule has 2 nitrogen and oxygen atoms in total. The minimum Gasteiger partial charge on any atom is -0.504 e. The van der Waals surface area contributed by atoms with Crippen molar-refractivity contribution in [3.63, 3.8) is 0 Å². The topological polar surface area (TPSA) is 40.5 Å². The Labute approximate surface area is 60.9 Å². The van der Waals surface area contributed by atoms with Crippen LogP contribution in [0.4, 0.5) is 0 Å². The van der Waals surface area contributed by atoms with Crippen LogP contribution in [0.25, 0.3) is 0 Å². The SMILES string of the molecule is Oc1cc[c]c(Br)c1O. The summed E-state index contributed by atoms with van der Waals surface area (Å²) in [5, 5.41) is 17.7. The second-order valence-electron chi connectivity index (χ2n) is 1.53. The zero-order valence-electron chi connectivity index (χ0n) is 4.43. The van der Waals surface area contributed by atoms with Crippen molar-refractivity contribution in [3.8, 4) is 11.5 Å². The quantitative estimate of drug-likeness (QED) is 0.607. The monoisotopic (exact) mass is 187 g/mol. The van der Waals surface area contributed by atoms with Crippen molar-refractivity contribution in [1.29, 1.82) is 0 Å². The van der Waals surface area contributed by atoms with Gasteiger partial charge >= 0.3 is 0 Å². The van der Waals surface area contributed by atoms with Gasteiger partial charge in [0, 0.05) is 6.07 Å². The Morgan fingerprint density at radius 3 is 2.56 bits per heavy atom. The molecule has 0 aliphatic rings. The van der Waals surface area contributed by atoms with Crippen LogP contribution in [-0.4, -0.2) is 10.2 Å². The van der Waals surface area contributed by atoms with Gasteiger partial charge in [0.2, 0.25) is 0 Å². The normalized spacial score (nSPS) is 9.44. The summed E-state index contributed by atoms with van der Waals surface area (Å²) >= 11 is 2.98. The molecule has 1 aromatic carbocycles. The average Bonchev–Trinajstić information content (AvgIpc) is 1.83. The van der Waals surface area contributed by atoms with Gasteiger partial charge in [0.25, 0.3) is 0 Å². The number of phenols is 2. The Bertz CT molecular complexity index is 202. The number of rotatable bonds is 0. The molecule has 9 heavy (non-hydrogen) atoms. The van der Waals surface area contributed by atoms with Crippen molar-refractivity contribution in [2.24, 2.45) is 0 Å². The molecule has 0 aromatic heterocycles. The maximum absolute atomic E-state index is 8.88. The van der Waals surface area contributed by atoms with E-state index in [9.17, 15) is 0 Å². The van der Waals surface area contributed by atoms with E-state index >= 15 is 0 Å². The molecule has 0 aliphatic heterocycles. The van der Waals surface area contributed by atoms with E-state index < -0.39 is 0 Å². The average molecular weight is 188 g/mol. The minimum atomic E-state index is -0.169. The first-order chi connectivity index (χ1) is 4.22. The molecular formula is C6H4BrO2. The Morgan fingerprint density at radius 1 is 1.44 bits per heavy atom. The summed E-state index contributed by atoms with van der Waals surface area (Å²) in [5.74, 6) is -0.307. The fraction of sp³-hybridized carbons (Fsp3) is 0. The van der Waals surface area contributed by atoms with Crippen molar-refractivity contribution in [1.82, 2.24) is 0 Å². The summed E-state index contributed by atoms with van der Waals surface area (Å²) in [7, 11) is 0. The third-order valence-electron chi connectivity index (χ3n) is 0.902. The van der Waals surface area contributed by atoms with Crippen molar-refractivity contribution < 1.29 is 10.2 Å². The Balaban J connectivity index is 3.25. The highest BCUT2D eigenvalue weighted by Gasteiger charge is 2.00. The number of hydrogen-bond acceptors (Lipinski definition) is 2. The lowest BCUT2D eigenvalue weighted by molar-refractivity contribution is 0.401. The molecule has 0 aliphatic carbocycles.